The van der Waals surface area contributed by atoms with E-state index in [1.165, 1.54) is 0 Å². The summed E-state index contributed by atoms with van der Waals surface area (Å²) in [5.74, 6) is 0.307. The van der Waals surface area contributed by atoms with Crippen LogP contribution in [-0.2, 0) is 4.79 Å². The number of aromatic nitrogens is 1. The number of benzene rings is 1. The van der Waals surface area contributed by atoms with Crippen LogP contribution < -0.4 is 10.1 Å². The van der Waals surface area contributed by atoms with E-state index in [0.29, 0.717) is 5.75 Å². The Labute approximate surface area is 117 Å². The highest BCUT2D eigenvalue weighted by Gasteiger charge is 2.11. The number of nitrogens with one attached hydrogen (secondary N) is 1. The number of pyridine rings is 1. The van der Waals surface area contributed by atoms with Crippen molar-refractivity contribution >= 4 is 22.7 Å². The van der Waals surface area contributed by atoms with Crippen LogP contribution in [0.15, 0.2) is 30.3 Å². The molecule has 0 saturated carbocycles. The summed E-state index contributed by atoms with van der Waals surface area (Å²) in [6.45, 7) is 5.82. The van der Waals surface area contributed by atoms with Crippen molar-refractivity contribution in [3.8, 4) is 5.75 Å². The van der Waals surface area contributed by atoms with Crippen molar-refractivity contribution in [2.75, 3.05) is 11.9 Å². The normalized spacial score (nSPS) is 11.3. The summed E-state index contributed by atoms with van der Waals surface area (Å²) in [6.07, 6.45) is 0. The molecular formula is C15H18N2O3. The van der Waals surface area contributed by atoms with Crippen LogP contribution in [0.2, 0.25) is 0 Å². The van der Waals surface area contributed by atoms with Gasteiger partial charge < -0.3 is 15.2 Å². The third-order valence-corrected chi connectivity index (χ3v) is 2.55. The summed E-state index contributed by atoms with van der Waals surface area (Å²) < 4.78 is 5.26. The van der Waals surface area contributed by atoms with Gasteiger partial charge in [-0.3, -0.25) is 0 Å². The third-order valence-electron chi connectivity index (χ3n) is 2.55. The second kappa shape index (κ2) is 5.36. The monoisotopic (exact) mass is 274 g/mol. The van der Waals surface area contributed by atoms with Gasteiger partial charge >= 0.3 is 5.97 Å². The lowest BCUT2D eigenvalue weighted by molar-refractivity contribution is -0.139. The molecule has 0 unspecified atom stereocenters. The number of ether oxygens (including phenoxy) is 1. The highest BCUT2D eigenvalue weighted by Crippen LogP contribution is 2.26. The SMILES string of the molecule is CC(C)(C)Nc1ccc2c(OCC(=O)O)cccc2n1. The van der Waals surface area contributed by atoms with Gasteiger partial charge in [-0.05, 0) is 45.0 Å². The van der Waals surface area contributed by atoms with Gasteiger partial charge in [-0.25, -0.2) is 9.78 Å². The second-order valence-electron chi connectivity index (χ2n) is 5.58. The third kappa shape index (κ3) is 3.60. The maximum absolute atomic E-state index is 10.6. The highest BCUT2D eigenvalue weighted by atomic mass is 16.5. The molecule has 0 radical (unpaired) electrons. The molecule has 2 N–H and O–H groups in total. The molecule has 1 aromatic heterocycles. The molecule has 2 aromatic rings. The minimum atomic E-state index is -0.999. The number of nitrogens with zero attached hydrogens (tertiary/aromatic N) is 1. The first-order valence-corrected chi connectivity index (χ1v) is 6.38. The van der Waals surface area contributed by atoms with Crippen molar-refractivity contribution in [3.63, 3.8) is 0 Å². The number of aliphatic carboxylic acids is 1. The Morgan fingerprint density at radius 1 is 1.30 bits per heavy atom. The molecule has 5 nitrogen and oxygen atoms in total. The van der Waals surface area contributed by atoms with Gasteiger partial charge in [0.15, 0.2) is 6.61 Å². The average Bonchev–Trinajstić information content (AvgIpc) is 2.33. The van der Waals surface area contributed by atoms with Crippen LogP contribution in [0.4, 0.5) is 5.82 Å². The van der Waals surface area contributed by atoms with E-state index in [9.17, 15) is 4.79 Å². The van der Waals surface area contributed by atoms with Crippen LogP contribution in [-0.4, -0.2) is 28.2 Å². The summed E-state index contributed by atoms with van der Waals surface area (Å²) >= 11 is 0. The molecule has 0 spiro atoms. The van der Waals surface area contributed by atoms with E-state index in [2.05, 4.69) is 31.1 Å². The fourth-order valence-corrected chi connectivity index (χ4v) is 1.85. The molecule has 0 atom stereocenters. The van der Waals surface area contributed by atoms with Gasteiger partial charge in [0.05, 0.1) is 5.52 Å². The Morgan fingerprint density at radius 2 is 2.05 bits per heavy atom. The van der Waals surface area contributed by atoms with Crippen molar-refractivity contribution in [2.45, 2.75) is 26.3 Å². The van der Waals surface area contributed by atoms with Crippen LogP contribution in [0.1, 0.15) is 20.8 Å². The molecule has 0 aliphatic rings. The van der Waals surface area contributed by atoms with E-state index in [0.717, 1.165) is 16.7 Å². The fourth-order valence-electron chi connectivity index (χ4n) is 1.85. The zero-order chi connectivity index (χ0) is 14.8. The van der Waals surface area contributed by atoms with Crippen LogP contribution >= 0.6 is 0 Å². The molecule has 0 amide bonds. The van der Waals surface area contributed by atoms with Gasteiger partial charge in [0.2, 0.25) is 0 Å². The van der Waals surface area contributed by atoms with Gasteiger partial charge in [0, 0.05) is 10.9 Å². The lowest BCUT2D eigenvalue weighted by atomic mass is 10.1. The van der Waals surface area contributed by atoms with E-state index < -0.39 is 5.97 Å². The quantitative estimate of drug-likeness (QED) is 0.897. The van der Waals surface area contributed by atoms with Gasteiger partial charge in [0.1, 0.15) is 11.6 Å². The Bertz CT molecular complexity index is 633. The maximum Gasteiger partial charge on any atom is 0.341 e. The van der Waals surface area contributed by atoms with Crippen LogP contribution in [0.5, 0.6) is 5.75 Å². The van der Waals surface area contributed by atoms with Gasteiger partial charge in [-0.1, -0.05) is 6.07 Å². The lowest BCUT2D eigenvalue weighted by Crippen LogP contribution is -2.26. The molecule has 2 rings (SSSR count). The molecule has 0 fully saturated rings. The van der Waals surface area contributed by atoms with Crippen molar-refractivity contribution in [1.82, 2.24) is 4.98 Å². The molecule has 20 heavy (non-hydrogen) atoms. The number of anilines is 1. The minimum absolute atomic E-state index is 0.0713. The summed E-state index contributed by atoms with van der Waals surface area (Å²) in [5, 5.41) is 12.8. The first-order valence-electron chi connectivity index (χ1n) is 6.38. The summed E-state index contributed by atoms with van der Waals surface area (Å²) in [5.41, 5.74) is 0.695. The predicted octanol–water partition coefficient (Wildman–Crippen LogP) is 2.91. The Balaban J connectivity index is 2.32. The van der Waals surface area contributed by atoms with Gasteiger partial charge in [-0.15, -0.1) is 0 Å². The number of hydrogen-bond donors (Lipinski definition) is 2. The van der Waals surface area contributed by atoms with E-state index in [1.54, 1.807) is 12.1 Å². The topological polar surface area (TPSA) is 71.5 Å². The molecular weight excluding hydrogens is 256 g/mol. The van der Waals surface area contributed by atoms with Gasteiger partial charge in [-0.2, -0.15) is 0 Å². The second-order valence-corrected chi connectivity index (χ2v) is 5.58. The Kier molecular flexibility index (Phi) is 3.79. The van der Waals surface area contributed by atoms with E-state index in [4.69, 9.17) is 9.84 Å². The Morgan fingerprint density at radius 3 is 2.70 bits per heavy atom. The van der Waals surface area contributed by atoms with Crippen LogP contribution in [0, 0.1) is 0 Å². The summed E-state index contributed by atoms with van der Waals surface area (Å²) in [7, 11) is 0. The maximum atomic E-state index is 10.6. The molecule has 0 aliphatic heterocycles. The number of carboxylic acid groups (broad SMARTS) is 1. The smallest absolute Gasteiger partial charge is 0.341 e. The number of hydrogen-bond acceptors (Lipinski definition) is 4. The predicted molar refractivity (Wildman–Crippen MR) is 78.2 cm³/mol. The van der Waals surface area contributed by atoms with Crippen LogP contribution in [0.25, 0.3) is 10.9 Å². The van der Waals surface area contributed by atoms with Crippen molar-refractivity contribution in [2.24, 2.45) is 0 Å². The molecule has 0 bridgehead atoms. The largest absolute Gasteiger partial charge is 0.481 e. The molecule has 106 valence electrons. The lowest BCUT2D eigenvalue weighted by Gasteiger charge is -2.21. The number of carbonyl (C=O) groups is 1. The van der Waals surface area contributed by atoms with Crippen LogP contribution in [0.3, 0.4) is 0 Å². The molecule has 1 aromatic carbocycles. The molecule has 0 aliphatic carbocycles. The molecule has 5 heteroatoms. The number of rotatable bonds is 4. The first kappa shape index (κ1) is 14.1. The zero-order valence-corrected chi connectivity index (χ0v) is 11.8. The van der Waals surface area contributed by atoms with Crippen molar-refractivity contribution in [3.05, 3.63) is 30.3 Å². The fraction of sp³-hybridized carbons (Fsp3) is 0.333. The standard InChI is InChI=1S/C15H18N2O3/c1-15(2,3)17-13-8-7-10-11(16-13)5-4-6-12(10)20-9-14(18)19/h4-8H,9H2,1-3H3,(H,16,17)(H,18,19). The van der Waals surface area contributed by atoms with E-state index in [-0.39, 0.29) is 12.1 Å². The van der Waals surface area contributed by atoms with Crippen molar-refractivity contribution in [1.29, 1.82) is 0 Å². The highest BCUT2D eigenvalue weighted by molar-refractivity contribution is 5.86. The molecule has 1 heterocycles. The summed E-state index contributed by atoms with van der Waals surface area (Å²) in [4.78, 5) is 15.1. The number of carboxylic acids is 1. The first-order chi connectivity index (χ1) is 9.35. The van der Waals surface area contributed by atoms with Crippen molar-refractivity contribution < 1.29 is 14.6 Å². The summed E-state index contributed by atoms with van der Waals surface area (Å²) in [6, 6.07) is 9.16. The zero-order valence-electron chi connectivity index (χ0n) is 11.8. The molecule has 0 saturated heterocycles. The minimum Gasteiger partial charge on any atom is -0.481 e. The van der Waals surface area contributed by atoms with E-state index >= 15 is 0 Å². The van der Waals surface area contributed by atoms with E-state index in [1.807, 2.05) is 18.2 Å². The average molecular weight is 274 g/mol. The number of fused-ring (bicyclic) bond motifs is 1. The Hall–Kier alpha value is -2.30. The van der Waals surface area contributed by atoms with Gasteiger partial charge in [0.25, 0.3) is 0 Å².